The number of ether oxygens (including phenoxy) is 1. The van der Waals surface area contributed by atoms with Crippen LogP contribution in [0, 0.1) is 0 Å². The Kier molecular flexibility index (Phi) is 4.21. The predicted molar refractivity (Wildman–Crippen MR) is 66.6 cm³/mol. The van der Waals surface area contributed by atoms with Crippen molar-refractivity contribution in [1.29, 1.82) is 0 Å². The van der Waals surface area contributed by atoms with Crippen LogP contribution in [-0.2, 0) is 0 Å². The maximum atomic E-state index is 12.1. The zero-order valence-electron chi connectivity index (χ0n) is 10.5. The Hall–Kier alpha value is -2.12. The van der Waals surface area contributed by atoms with Gasteiger partial charge in [-0.25, -0.2) is 4.79 Å². The molecule has 1 heterocycles. The number of halogens is 3. The molecule has 1 fully saturated rings. The highest BCUT2D eigenvalue weighted by atomic mass is 19.4. The number of hydrogen-bond acceptors (Lipinski definition) is 3. The number of hydrogen-bond donors (Lipinski definition) is 2. The van der Waals surface area contributed by atoms with Crippen LogP contribution < -0.4 is 15.4 Å². The number of amides is 2. The molecule has 2 amide bonds. The second kappa shape index (κ2) is 5.89. The standard InChI is InChI=1S/C12H14F3N3O2/c13-12(14,15)20-10-3-1-2-9(8-10)16-4-6-18-7-5-17-11(18)19/h1-3,8,16H,4-7H2,(H,17,19). The molecule has 5 nitrogen and oxygen atoms in total. The minimum atomic E-state index is -4.70. The number of anilines is 1. The third kappa shape index (κ3) is 4.22. The maximum absolute atomic E-state index is 12.1. The highest BCUT2D eigenvalue weighted by molar-refractivity contribution is 5.76. The Morgan fingerprint density at radius 3 is 2.85 bits per heavy atom. The first kappa shape index (κ1) is 14.3. The van der Waals surface area contributed by atoms with E-state index in [1.807, 2.05) is 0 Å². The van der Waals surface area contributed by atoms with Gasteiger partial charge in [0.2, 0.25) is 0 Å². The third-order valence-electron chi connectivity index (χ3n) is 2.72. The lowest BCUT2D eigenvalue weighted by atomic mass is 10.3. The van der Waals surface area contributed by atoms with Gasteiger partial charge in [0.25, 0.3) is 0 Å². The molecule has 8 heteroatoms. The van der Waals surface area contributed by atoms with Gasteiger partial charge in [-0.05, 0) is 12.1 Å². The summed E-state index contributed by atoms with van der Waals surface area (Å²) < 4.78 is 40.1. The molecule has 0 saturated carbocycles. The van der Waals surface area contributed by atoms with Crippen molar-refractivity contribution in [2.75, 3.05) is 31.5 Å². The van der Waals surface area contributed by atoms with Crippen LogP contribution in [0.25, 0.3) is 0 Å². The molecule has 1 saturated heterocycles. The van der Waals surface area contributed by atoms with Crippen molar-refractivity contribution in [3.8, 4) is 5.75 Å². The van der Waals surface area contributed by atoms with Crippen molar-refractivity contribution in [1.82, 2.24) is 10.2 Å². The number of nitrogens with zero attached hydrogens (tertiary/aromatic N) is 1. The zero-order valence-corrected chi connectivity index (χ0v) is 10.5. The Labute approximate surface area is 113 Å². The van der Waals surface area contributed by atoms with Crippen LogP contribution in [0.5, 0.6) is 5.75 Å². The van der Waals surface area contributed by atoms with E-state index >= 15 is 0 Å². The summed E-state index contributed by atoms with van der Waals surface area (Å²) in [5.74, 6) is -0.276. The van der Waals surface area contributed by atoms with Crippen molar-refractivity contribution in [2.24, 2.45) is 0 Å². The van der Waals surface area contributed by atoms with Gasteiger partial charge in [-0.15, -0.1) is 13.2 Å². The number of alkyl halides is 3. The van der Waals surface area contributed by atoms with Crippen molar-refractivity contribution in [2.45, 2.75) is 6.36 Å². The summed E-state index contributed by atoms with van der Waals surface area (Å²) in [6, 6.07) is 5.46. The highest BCUT2D eigenvalue weighted by Gasteiger charge is 2.31. The van der Waals surface area contributed by atoms with Crippen molar-refractivity contribution in [3.63, 3.8) is 0 Å². The van der Waals surface area contributed by atoms with Crippen LogP contribution in [0.2, 0.25) is 0 Å². The summed E-state index contributed by atoms with van der Waals surface area (Å²) in [4.78, 5) is 12.9. The lowest BCUT2D eigenvalue weighted by Gasteiger charge is -2.15. The van der Waals surface area contributed by atoms with Gasteiger partial charge in [0.05, 0.1) is 0 Å². The minimum absolute atomic E-state index is 0.124. The number of nitrogens with one attached hydrogen (secondary N) is 2. The molecule has 110 valence electrons. The monoisotopic (exact) mass is 289 g/mol. The predicted octanol–water partition coefficient (Wildman–Crippen LogP) is 2.02. The van der Waals surface area contributed by atoms with Crippen LogP contribution in [-0.4, -0.2) is 43.5 Å². The van der Waals surface area contributed by atoms with Crippen molar-refractivity contribution >= 4 is 11.7 Å². The number of carbonyl (C=O) groups excluding carboxylic acids is 1. The van der Waals surface area contributed by atoms with E-state index in [1.165, 1.54) is 18.2 Å². The average molecular weight is 289 g/mol. The average Bonchev–Trinajstić information content (AvgIpc) is 2.73. The Morgan fingerprint density at radius 2 is 2.20 bits per heavy atom. The first-order valence-corrected chi connectivity index (χ1v) is 6.06. The molecule has 1 aromatic carbocycles. The molecule has 20 heavy (non-hydrogen) atoms. The highest BCUT2D eigenvalue weighted by Crippen LogP contribution is 2.24. The molecule has 0 aromatic heterocycles. The zero-order chi connectivity index (χ0) is 14.6. The lowest BCUT2D eigenvalue weighted by molar-refractivity contribution is -0.274. The summed E-state index contributed by atoms with van der Waals surface area (Å²) in [7, 11) is 0. The Bertz CT molecular complexity index is 479. The van der Waals surface area contributed by atoms with Gasteiger partial charge < -0.3 is 20.3 Å². The van der Waals surface area contributed by atoms with Gasteiger partial charge >= 0.3 is 12.4 Å². The van der Waals surface area contributed by atoms with Crippen LogP contribution in [0.1, 0.15) is 0 Å². The van der Waals surface area contributed by atoms with Crippen LogP contribution >= 0.6 is 0 Å². The quantitative estimate of drug-likeness (QED) is 0.872. The number of benzene rings is 1. The summed E-state index contributed by atoms with van der Waals surface area (Å²) in [6.07, 6.45) is -4.70. The van der Waals surface area contributed by atoms with E-state index < -0.39 is 6.36 Å². The molecule has 0 aliphatic carbocycles. The fraction of sp³-hybridized carbons (Fsp3) is 0.417. The van der Waals surface area contributed by atoms with Gasteiger partial charge in [-0.2, -0.15) is 0 Å². The van der Waals surface area contributed by atoms with Crippen LogP contribution in [0.15, 0.2) is 24.3 Å². The Morgan fingerprint density at radius 1 is 1.40 bits per heavy atom. The van der Waals surface area contributed by atoms with Crippen molar-refractivity contribution in [3.05, 3.63) is 24.3 Å². The van der Waals surface area contributed by atoms with E-state index in [9.17, 15) is 18.0 Å². The van der Waals surface area contributed by atoms with E-state index in [1.54, 1.807) is 11.0 Å². The van der Waals surface area contributed by atoms with E-state index in [2.05, 4.69) is 15.4 Å². The van der Waals surface area contributed by atoms with E-state index in [-0.39, 0.29) is 11.8 Å². The summed E-state index contributed by atoms with van der Waals surface area (Å²) in [5, 5.41) is 5.62. The number of urea groups is 1. The van der Waals surface area contributed by atoms with E-state index in [0.717, 1.165) is 0 Å². The summed E-state index contributed by atoms with van der Waals surface area (Å²) in [5.41, 5.74) is 0.506. The first-order valence-electron chi connectivity index (χ1n) is 6.06. The summed E-state index contributed by atoms with van der Waals surface area (Å²) in [6.45, 7) is 2.19. The third-order valence-corrected chi connectivity index (χ3v) is 2.72. The molecule has 1 aliphatic rings. The SMILES string of the molecule is O=C1NCCN1CCNc1cccc(OC(F)(F)F)c1. The first-order chi connectivity index (χ1) is 9.44. The molecule has 1 aromatic rings. The molecule has 0 radical (unpaired) electrons. The smallest absolute Gasteiger partial charge is 0.406 e. The normalized spacial score (nSPS) is 15.2. The van der Waals surface area contributed by atoms with Gasteiger partial charge in [0, 0.05) is 37.9 Å². The lowest BCUT2D eigenvalue weighted by Crippen LogP contribution is -2.32. The molecule has 0 spiro atoms. The molecule has 0 bridgehead atoms. The second-order valence-electron chi connectivity index (χ2n) is 4.22. The van der Waals surface area contributed by atoms with Crippen LogP contribution in [0.3, 0.4) is 0 Å². The second-order valence-corrected chi connectivity index (χ2v) is 4.22. The molecule has 2 rings (SSSR count). The molecule has 0 unspecified atom stereocenters. The van der Waals surface area contributed by atoms with Gasteiger partial charge in [-0.1, -0.05) is 6.07 Å². The number of carbonyl (C=O) groups is 1. The van der Waals surface area contributed by atoms with Crippen molar-refractivity contribution < 1.29 is 22.7 Å². The Balaban J connectivity index is 1.83. The molecule has 1 aliphatic heterocycles. The molecular weight excluding hydrogens is 275 g/mol. The number of rotatable bonds is 5. The maximum Gasteiger partial charge on any atom is 0.573 e. The molecule has 0 atom stereocenters. The topological polar surface area (TPSA) is 53.6 Å². The molecular formula is C12H14F3N3O2. The van der Waals surface area contributed by atoms with Crippen LogP contribution in [0.4, 0.5) is 23.7 Å². The largest absolute Gasteiger partial charge is 0.573 e. The molecule has 2 N–H and O–H groups in total. The van der Waals surface area contributed by atoms with Gasteiger partial charge in [0.1, 0.15) is 5.75 Å². The summed E-state index contributed by atoms with van der Waals surface area (Å²) >= 11 is 0. The van der Waals surface area contributed by atoms with Gasteiger partial charge in [0.15, 0.2) is 0 Å². The fourth-order valence-corrected chi connectivity index (χ4v) is 1.86. The fourth-order valence-electron chi connectivity index (χ4n) is 1.86. The van der Waals surface area contributed by atoms with E-state index in [0.29, 0.717) is 31.9 Å². The minimum Gasteiger partial charge on any atom is -0.406 e. The van der Waals surface area contributed by atoms with Gasteiger partial charge in [-0.3, -0.25) is 0 Å². The van der Waals surface area contributed by atoms with E-state index in [4.69, 9.17) is 0 Å².